The van der Waals surface area contributed by atoms with Gasteiger partial charge in [0.2, 0.25) is 0 Å². The Bertz CT molecular complexity index is 351. The van der Waals surface area contributed by atoms with Crippen molar-refractivity contribution in [3.63, 3.8) is 0 Å². The van der Waals surface area contributed by atoms with Gasteiger partial charge in [0.25, 0.3) is 0 Å². The first kappa shape index (κ1) is 17.0. The number of ether oxygens (including phenoxy) is 2. The molecule has 0 aromatic heterocycles. The van der Waals surface area contributed by atoms with Crippen molar-refractivity contribution < 1.29 is 19.1 Å². The van der Waals surface area contributed by atoms with E-state index in [4.69, 9.17) is 4.74 Å². The number of methoxy groups -OCH3 is 1. The van der Waals surface area contributed by atoms with Gasteiger partial charge in [0, 0.05) is 5.41 Å². The average molecular weight is 285 g/mol. The van der Waals surface area contributed by atoms with Crippen molar-refractivity contribution in [1.29, 1.82) is 0 Å². The van der Waals surface area contributed by atoms with E-state index in [1.807, 2.05) is 34.6 Å². The van der Waals surface area contributed by atoms with Crippen molar-refractivity contribution in [3.8, 4) is 0 Å². The Balaban J connectivity index is 2.91. The molecule has 0 radical (unpaired) electrons. The summed E-state index contributed by atoms with van der Waals surface area (Å²) in [6, 6.07) is -0.517. The number of Topliss-reactive ketones (excluding diaryl/α,β-unsaturated/α-hetero) is 1. The Labute approximate surface area is 121 Å². The Kier molecular flexibility index (Phi) is 5.57. The third-order valence-electron chi connectivity index (χ3n) is 3.69. The number of alkyl carbamates (subject to hydrolysis) is 1. The molecule has 1 amide bonds. The van der Waals surface area contributed by atoms with Crippen LogP contribution in [-0.4, -0.2) is 37.2 Å². The minimum Gasteiger partial charge on any atom is -0.453 e. The second kappa shape index (κ2) is 6.57. The van der Waals surface area contributed by atoms with Crippen LogP contribution >= 0.6 is 0 Å². The zero-order valence-electron chi connectivity index (χ0n) is 13.4. The quantitative estimate of drug-likeness (QED) is 0.865. The van der Waals surface area contributed by atoms with Crippen molar-refractivity contribution in [2.45, 2.75) is 65.7 Å². The van der Waals surface area contributed by atoms with Crippen molar-refractivity contribution in [2.24, 2.45) is 11.3 Å². The lowest BCUT2D eigenvalue weighted by Crippen LogP contribution is -2.52. The van der Waals surface area contributed by atoms with Crippen molar-refractivity contribution in [2.75, 3.05) is 7.11 Å². The van der Waals surface area contributed by atoms with Gasteiger partial charge < -0.3 is 14.8 Å². The van der Waals surface area contributed by atoms with Crippen LogP contribution in [0.15, 0.2) is 0 Å². The molecule has 1 fully saturated rings. The molecule has 0 aliphatic carbocycles. The normalized spacial score (nSPS) is 28.6. The van der Waals surface area contributed by atoms with Crippen LogP contribution in [0.2, 0.25) is 0 Å². The molecule has 1 saturated heterocycles. The summed E-state index contributed by atoms with van der Waals surface area (Å²) in [6.45, 7) is 9.60. The van der Waals surface area contributed by atoms with E-state index >= 15 is 0 Å². The number of hydrogen-bond donors (Lipinski definition) is 1. The Morgan fingerprint density at radius 2 is 1.70 bits per heavy atom. The fourth-order valence-electron chi connectivity index (χ4n) is 2.78. The lowest BCUT2D eigenvalue weighted by molar-refractivity contribution is -0.132. The van der Waals surface area contributed by atoms with E-state index in [1.54, 1.807) is 0 Å². The first-order valence-corrected chi connectivity index (χ1v) is 7.19. The van der Waals surface area contributed by atoms with Gasteiger partial charge in [-0.2, -0.15) is 0 Å². The van der Waals surface area contributed by atoms with Gasteiger partial charge in [-0.05, 0) is 32.6 Å². The first-order chi connectivity index (χ1) is 9.15. The molecule has 0 aromatic carbocycles. The van der Waals surface area contributed by atoms with E-state index in [0.29, 0.717) is 0 Å². The lowest BCUT2D eigenvalue weighted by Gasteiger charge is -2.38. The number of carbonyl (C=O) groups is 2. The van der Waals surface area contributed by atoms with Crippen molar-refractivity contribution in [1.82, 2.24) is 5.32 Å². The molecule has 1 unspecified atom stereocenters. The van der Waals surface area contributed by atoms with Crippen LogP contribution in [0.25, 0.3) is 0 Å². The summed E-state index contributed by atoms with van der Waals surface area (Å²) in [7, 11) is 1.31. The molecular weight excluding hydrogens is 258 g/mol. The Morgan fingerprint density at radius 1 is 1.20 bits per heavy atom. The Hall–Kier alpha value is -1.10. The molecule has 5 heteroatoms. The molecule has 20 heavy (non-hydrogen) atoms. The van der Waals surface area contributed by atoms with E-state index in [2.05, 4.69) is 10.1 Å². The highest BCUT2D eigenvalue weighted by Gasteiger charge is 2.39. The van der Waals surface area contributed by atoms with E-state index in [9.17, 15) is 9.59 Å². The second-order valence-electron chi connectivity index (χ2n) is 6.72. The minimum absolute atomic E-state index is 0.0363. The fourth-order valence-corrected chi connectivity index (χ4v) is 2.78. The van der Waals surface area contributed by atoms with Gasteiger partial charge in [-0.1, -0.05) is 20.8 Å². The SMILES string of the molecule is COC(=O)N[C@@H](C(=O)C(C)(C)C)C1C[C@@H](C)O[C@@H](C)C1. The molecule has 116 valence electrons. The third-order valence-corrected chi connectivity index (χ3v) is 3.69. The second-order valence-corrected chi connectivity index (χ2v) is 6.72. The number of nitrogens with one attached hydrogen (secondary N) is 1. The summed E-state index contributed by atoms with van der Waals surface area (Å²) in [5, 5.41) is 2.72. The zero-order chi connectivity index (χ0) is 15.5. The summed E-state index contributed by atoms with van der Waals surface area (Å²) < 4.78 is 10.4. The summed E-state index contributed by atoms with van der Waals surface area (Å²) in [5.74, 6) is 0.119. The highest BCUT2D eigenvalue weighted by Crippen LogP contribution is 2.31. The van der Waals surface area contributed by atoms with Crippen molar-refractivity contribution >= 4 is 11.9 Å². The minimum atomic E-state index is -0.556. The van der Waals surface area contributed by atoms with Gasteiger partial charge in [0.05, 0.1) is 25.4 Å². The molecule has 1 heterocycles. The molecule has 0 saturated carbocycles. The number of rotatable bonds is 3. The molecule has 1 aliphatic heterocycles. The van der Waals surface area contributed by atoms with E-state index in [0.717, 1.165) is 12.8 Å². The molecule has 0 spiro atoms. The Morgan fingerprint density at radius 3 is 2.10 bits per heavy atom. The highest BCUT2D eigenvalue weighted by molar-refractivity contribution is 5.91. The topological polar surface area (TPSA) is 64.6 Å². The molecular formula is C15H27NO4. The van der Waals surface area contributed by atoms with E-state index in [-0.39, 0.29) is 23.9 Å². The summed E-state index contributed by atoms with van der Waals surface area (Å²) in [6.07, 6.45) is 1.16. The van der Waals surface area contributed by atoms with Crippen LogP contribution in [0, 0.1) is 11.3 Å². The number of ketones is 1. The standard InChI is InChI=1S/C15H27NO4/c1-9-7-11(8-10(2)20-9)12(16-14(18)19-6)13(17)15(3,4)5/h9-12H,7-8H2,1-6H3,(H,16,18)/t9-,10+,11?,12-/m1/s1. The molecule has 4 atom stereocenters. The van der Waals surface area contributed by atoms with Crippen LogP contribution in [0.1, 0.15) is 47.5 Å². The lowest BCUT2D eigenvalue weighted by atomic mass is 9.77. The molecule has 0 bridgehead atoms. The largest absolute Gasteiger partial charge is 0.453 e. The van der Waals surface area contributed by atoms with Crippen LogP contribution in [0.3, 0.4) is 0 Å². The maximum Gasteiger partial charge on any atom is 0.407 e. The van der Waals surface area contributed by atoms with E-state index < -0.39 is 17.6 Å². The predicted molar refractivity (Wildman–Crippen MR) is 76.5 cm³/mol. The maximum atomic E-state index is 12.6. The van der Waals surface area contributed by atoms with Crippen LogP contribution in [0.4, 0.5) is 4.79 Å². The smallest absolute Gasteiger partial charge is 0.407 e. The summed E-state index contributed by atoms with van der Waals surface area (Å²) in [5.41, 5.74) is -0.504. The van der Waals surface area contributed by atoms with Crippen LogP contribution in [-0.2, 0) is 14.3 Å². The number of carbonyl (C=O) groups excluding carboxylic acids is 2. The fraction of sp³-hybridized carbons (Fsp3) is 0.867. The van der Waals surface area contributed by atoms with Crippen LogP contribution < -0.4 is 5.32 Å². The van der Waals surface area contributed by atoms with Crippen LogP contribution in [0.5, 0.6) is 0 Å². The summed E-state index contributed by atoms with van der Waals surface area (Å²) in [4.78, 5) is 24.2. The zero-order valence-corrected chi connectivity index (χ0v) is 13.4. The molecule has 1 N–H and O–H groups in total. The molecule has 0 aromatic rings. The average Bonchev–Trinajstić information content (AvgIpc) is 2.32. The highest BCUT2D eigenvalue weighted by atomic mass is 16.5. The van der Waals surface area contributed by atoms with Gasteiger partial charge in [0.15, 0.2) is 5.78 Å². The number of hydrogen-bond acceptors (Lipinski definition) is 4. The molecule has 1 rings (SSSR count). The van der Waals surface area contributed by atoms with Crippen molar-refractivity contribution in [3.05, 3.63) is 0 Å². The van der Waals surface area contributed by atoms with Gasteiger partial charge in [0.1, 0.15) is 0 Å². The number of amides is 1. The molecule has 5 nitrogen and oxygen atoms in total. The molecule has 1 aliphatic rings. The summed E-state index contributed by atoms with van der Waals surface area (Å²) >= 11 is 0. The van der Waals surface area contributed by atoms with Gasteiger partial charge in [-0.3, -0.25) is 4.79 Å². The van der Waals surface area contributed by atoms with E-state index in [1.165, 1.54) is 7.11 Å². The van der Waals surface area contributed by atoms with Gasteiger partial charge >= 0.3 is 6.09 Å². The van der Waals surface area contributed by atoms with Gasteiger partial charge in [-0.15, -0.1) is 0 Å². The maximum absolute atomic E-state index is 12.6. The third kappa shape index (κ3) is 4.47. The monoisotopic (exact) mass is 285 g/mol. The van der Waals surface area contributed by atoms with Gasteiger partial charge in [-0.25, -0.2) is 4.79 Å². The first-order valence-electron chi connectivity index (χ1n) is 7.19. The predicted octanol–water partition coefficient (Wildman–Crippen LogP) is 2.53.